The summed E-state index contributed by atoms with van der Waals surface area (Å²) in [6.07, 6.45) is 2.15. The number of nitrogens with zero attached hydrogens (tertiary/aromatic N) is 1. The summed E-state index contributed by atoms with van der Waals surface area (Å²) in [5.74, 6) is 1.41. The molecule has 0 aliphatic heterocycles. The van der Waals surface area contributed by atoms with Crippen molar-refractivity contribution in [3.8, 4) is 0 Å². The van der Waals surface area contributed by atoms with Crippen molar-refractivity contribution >= 4 is 29.3 Å². The smallest absolute Gasteiger partial charge is 0.232 e. The van der Waals surface area contributed by atoms with Crippen molar-refractivity contribution in [2.45, 2.75) is 24.6 Å². The Morgan fingerprint density at radius 1 is 1.37 bits per heavy atom. The van der Waals surface area contributed by atoms with E-state index in [4.69, 9.17) is 16.7 Å². The molecule has 0 heterocycles. The molecular formula is C14H18ClNO2S. The fourth-order valence-corrected chi connectivity index (χ4v) is 2.92. The average Bonchev–Trinajstić information content (AvgIpc) is 3.22. The van der Waals surface area contributed by atoms with Crippen molar-refractivity contribution in [1.82, 2.24) is 4.90 Å². The third-order valence-corrected chi connectivity index (χ3v) is 4.30. The quantitative estimate of drug-likeness (QED) is 0.841. The van der Waals surface area contributed by atoms with Crippen LogP contribution in [0, 0.1) is 0 Å². The fourth-order valence-electron chi connectivity index (χ4n) is 1.92. The number of aliphatic hydroxyl groups is 1. The van der Waals surface area contributed by atoms with Gasteiger partial charge in [0.2, 0.25) is 5.91 Å². The third kappa shape index (κ3) is 4.71. The summed E-state index contributed by atoms with van der Waals surface area (Å²) in [4.78, 5) is 13.8. The zero-order valence-corrected chi connectivity index (χ0v) is 12.3. The average molecular weight is 300 g/mol. The van der Waals surface area contributed by atoms with Crippen LogP contribution < -0.4 is 0 Å². The van der Waals surface area contributed by atoms with Crippen molar-refractivity contribution in [2.24, 2.45) is 0 Å². The second kappa shape index (κ2) is 7.17. The molecule has 0 unspecified atom stereocenters. The van der Waals surface area contributed by atoms with Crippen molar-refractivity contribution in [2.75, 3.05) is 18.9 Å². The Labute approximate surface area is 122 Å². The largest absolute Gasteiger partial charge is 0.395 e. The zero-order chi connectivity index (χ0) is 13.7. The normalized spacial score (nSPS) is 14.4. The molecule has 19 heavy (non-hydrogen) atoms. The summed E-state index contributed by atoms with van der Waals surface area (Å²) in [6.45, 7) is 0.509. The van der Waals surface area contributed by atoms with Gasteiger partial charge in [0.25, 0.3) is 0 Å². The van der Waals surface area contributed by atoms with Crippen LogP contribution in [0.3, 0.4) is 0 Å². The molecule has 1 N–H and O–H groups in total. The van der Waals surface area contributed by atoms with E-state index in [1.807, 2.05) is 29.2 Å². The lowest BCUT2D eigenvalue weighted by molar-refractivity contribution is -0.129. The molecule has 1 saturated carbocycles. The number of halogens is 1. The van der Waals surface area contributed by atoms with E-state index in [1.54, 1.807) is 11.8 Å². The van der Waals surface area contributed by atoms with Gasteiger partial charge in [0.15, 0.2) is 0 Å². The highest BCUT2D eigenvalue weighted by molar-refractivity contribution is 7.99. The minimum absolute atomic E-state index is 0.0457. The van der Waals surface area contributed by atoms with E-state index in [9.17, 15) is 4.79 Å². The molecule has 1 aromatic rings. The molecule has 0 spiro atoms. The highest BCUT2D eigenvalue weighted by atomic mass is 35.5. The second-order valence-electron chi connectivity index (χ2n) is 4.66. The summed E-state index contributed by atoms with van der Waals surface area (Å²) >= 11 is 7.43. The number of carbonyl (C=O) groups excluding carboxylic acids is 1. The molecule has 0 radical (unpaired) electrons. The summed E-state index contributed by atoms with van der Waals surface area (Å²) in [5, 5.41) is 9.71. The van der Waals surface area contributed by atoms with E-state index in [2.05, 4.69) is 0 Å². The molecule has 1 aromatic carbocycles. The second-order valence-corrected chi connectivity index (χ2v) is 6.08. The summed E-state index contributed by atoms with van der Waals surface area (Å²) in [5.41, 5.74) is 1.17. The van der Waals surface area contributed by atoms with Crippen LogP contribution >= 0.6 is 23.4 Å². The van der Waals surface area contributed by atoms with Crippen LogP contribution in [0.15, 0.2) is 24.3 Å². The Balaban J connectivity index is 1.75. The summed E-state index contributed by atoms with van der Waals surface area (Å²) in [6, 6.07) is 8.05. The minimum atomic E-state index is 0.0457. The van der Waals surface area contributed by atoms with Crippen LogP contribution in [0.1, 0.15) is 18.4 Å². The Morgan fingerprint density at radius 2 is 2.05 bits per heavy atom. The van der Waals surface area contributed by atoms with Crippen molar-refractivity contribution < 1.29 is 9.90 Å². The molecule has 1 amide bonds. The van der Waals surface area contributed by atoms with Gasteiger partial charge in [0.05, 0.1) is 12.4 Å². The van der Waals surface area contributed by atoms with E-state index in [0.29, 0.717) is 18.3 Å². The van der Waals surface area contributed by atoms with Crippen LogP contribution in [0.2, 0.25) is 5.02 Å². The number of hydrogen-bond acceptors (Lipinski definition) is 3. The Bertz CT molecular complexity index is 420. The number of hydrogen-bond donors (Lipinski definition) is 1. The zero-order valence-electron chi connectivity index (χ0n) is 10.7. The fraction of sp³-hybridized carbons (Fsp3) is 0.500. The first-order valence-corrected chi connectivity index (χ1v) is 7.96. The molecule has 3 nitrogen and oxygen atoms in total. The number of carbonyl (C=O) groups is 1. The van der Waals surface area contributed by atoms with Crippen molar-refractivity contribution in [3.05, 3.63) is 34.9 Å². The standard InChI is InChI=1S/C14H18ClNO2S/c15-12-3-1-11(2-4-12)9-19-10-14(18)16(7-8-17)13-5-6-13/h1-4,13,17H,5-10H2. The lowest BCUT2D eigenvalue weighted by atomic mass is 10.2. The van der Waals surface area contributed by atoms with Gasteiger partial charge in [-0.3, -0.25) is 4.79 Å². The van der Waals surface area contributed by atoms with Gasteiger partial charge in [-0.1, -0.05) is 23.7 Å². The predicted octanol–water partition coefficient (Wildman–Crippen LogP) is 2.56. The Morgan fingerprint density at radius 3 is 2.63 bits per heavy atom. The van der Waals surface area contributed by atoms with E-state index in [-0.39, 0.29) is 12.5 Å². The molecule has 5 heteroatoms. The highest BCUT2D eigenvalue weighted by Gasteiger charge is 2.31. The van der Waals surface area contributed by atoms with Crippen LogP contribution in [0.25, 0.3) is 0 Å². The van der Waals surface area contributed by atoms with Gasteiger partial charge in [0.1, 0.15) is 0 Å². The van der Waals surface area contributed by atoms with Gasteiger partial charge in [-0.05, 0) is 30.5 Å². The molecule has 2 rings (SSSR count). The summed E-state index contributed by atoms with van der Waals surface area (Å²) < 4.78 is 0. The molecule has 0 saturated heterocycles. The Kier molecular flexibility index (Phi) is 5.55. The SMILES string of the molecule is O=C(CSCc1ccc(Cl)cc1)N(CCO)C1CC1. The van der Waals surface area contributed by atoms with Crippen molar-refractivity contribution in [1.29, 1.82) is 0 Å². The molecule has 0 atom stereocenters. The van der Waals surface area contributed by atoms with Gasteiger partial charge >= 0.3 is 0 Å². The monoisotopic (exact) mass is 299 g/mol. The molecule has 0 bridgehead atoms. The first-order valence-electron chi connectivity index (χ1n) is 6.43. The highest BCUT2D eigenvalue weighted by Crippen LogP contribution is 2.27. The maximum atomic E-state index is 12.0. The third-order valence-electron chi connectivity index (χ3n) is 3.06. The first-order chi connectivity index (χ1) is 9.20. The van der Waals surface area contributed by atoms with Gasteiger partial charge < -0.3 is 10.0 Å². The van der Waals surface area contributed by atoms with Crippen LogP contribution in [0.4, 0.5) is 0 Å². The maximum Gasteiger partial charge on any atom is 0.232 e. The number of thioether (sulfide) groups is 1. The van der Waals surface area contributed by atoms with Crippen LogP contribution in [-0.2, 0) is 10.5 Å². The van der Waals surface area contributed by atoms with Gasteiger partial charge in [-0.2, -0.15) is 0 Å². The molecule has 104 valence electrons. The first kappa shape index (κ1) is 14.7. The predicted molar refractivity (Wildman–Crippen MR) is 79.4 cm³/mol. The number of rotatable bonds is 7. The maximum absolute atomic E-state index is 12.0. The van der Waals surface area contributed by atoms with Crippen molar-refractivity contribution in [3.63, 3.8) is 0 Å². The molecule has 1 fully saturated rings. The van der Waals surface area contributed by atoms with Crippen LogP contribution in [0.5, 0.6) is 0 Å². The van der Waals surface area contributed by atoms with Gasteiger partial charge in [-0.15, -0.1) is 11.8 Å². The topological polar surface area (TPSA) is 40.5 Å². The van der Waals surface area contributed by atoms with E-state index in [1.165, 1.54) is 5.56 Å². The van der Waals surface area contributed by atoms with E-state index < -0.39 is 0 Å². The summed E-state index contributed by atoms with van der Waals surface area (Å²) in [7, 11) is 0. The van der Waals surface area contributed by atoms with Gasteiger partial charge in [0, 0.05) is 23.4 Å². The number of amides is 1. The minimum Gasteiger partial charge on any atom is -0.395 e. The lowest BCUT2D eigenvalue weighted by Crippen LogP contribution is -2.36. The number of benzene rings is 1. The van der Waals surface area contributed by atoms with Gasteiger partial charge in [-0.25, -0.2) is 0 Å². The van der Waals surface area contributed by atoms with E-state index >= 15 is 0 Å². The van der Waals surface area contributed by atoms with E-state index in [0.717, 1.165) is 23.6 Å². The molecule has 1 aliphatic carbocycles. The molecule has 0 aromatic heterocycles. The molecular weight excluding hydrogens is 282 g/mol. The van der Waals surface area contributed by atoms with Crippen LogP contribution in [-0.4, -0.2) is 40.9 Å². The lowest BCUT2D eigenvalue weighted by Gasteiger charge is -2.21. The Hall–Kier alpha value is -0.710. The molecule has 1 aliphatic rings. The number of aliphatic hydroxyl groups excluding tert-OH is 1.